The molecule has 0 fully saturated rings. The molecule has 0 bridgehead atoms. The maximum atomic E-state index is 5.20. The zero-order chi connectivity index (χ0) is 13.2. The molecular weight excluding hydrogens is 301 g/mol. The van der Waals surface area contributed by atoms with Gasteiger partial charge in [-0.05, 0) is 0 Å². The van der Waals surface area contributed by atoms with Crippen LogP contribution in [0.5, 0.6) is 5.75 Å². The van der Waals surface area contributed by atoms with Gasteiger partial charge in [-0.25, -0.2) is 0 Å². The van der Waals surface area contributed by atoms with Crippen molar-refractivity contribution in [1.82, 2.24) is 4.98 Å². The number of aromatic nitrogens is 1. The molecule has 0 aliphatic heterocycles. The van der Waals surface area contributed by atoms with E-state index in [1.807, 2.05) is 30.3 Å². The Balaban J connectivity index is 2.22. The second-order valence-corrected chi connectivity index (χ2v) is 5.13. The van der Waals surface area contributed by atoms with Gasteiger partial charge in [0.05, 0.1) is 0 Å². The molecule has 1 heterocycles. The molecule has 1 aromatic heterocycles. The number of fused-ring (bicyclic) bond motifs is 1. The number of nitrogens with zero attached hydrogens (tertiary/aromatic N) is 1. The van der Waals surface area contributed by atoms with Gasteiger partial charge in [0.1, 0.15) is 0 Å². The average Bonchev–Trinajstić information content (AvgIpc) is 2.46. The van der Waals surface area contributed by atoms with Crippen LogP contribution in [0.25, 0.3) is 22.0 Å². The summed E-state index contributed by atoms with van der Waals surface area (Å²) in [5.41, 5.74) is 3.35. The maximum absolute atomic E-state index is 5.20. The third-order valence-electron chi connectivity index (χ3n) is 3.09. The van der Waals surface area contributed by atoms with Crippen LogP contribution in [0.4, 0.5) is 0 Å². The van der Waals surface area contributed by atoms with Crippen LogP contribution in [-0.2, 0) is 0 Å². The van der Waals surface area contributed by atoms with Crippen LogP contribution in [0, 0.1) is 0 Å². The summed E-state index contributed by atoms with van der Waals surface area (Å²) in [5, 5.41) is 1.16. The topological polar surface area (TPSA) is 22.1 Å². The molecule has 93 valence electrons. The molecule has 0 aliphatic rings. The normalized spacial score (nSPS) is 10.6. The number of benzene rings is 2. The first kappa shape index (κ1) is 12.2. The van der Waals surface area contributed by atoms with E-state index < -0.39 is 0 Å². The Morgan fingerprint density at radius 1 is 1.00 bits per heavy atom. The van der Waals surface area contributed by atoms with Gasteiger partial charge >= 0.3 is 120 Å². The summed E-state index contributed by atoms with van der Waals surface area (Å²) in [7, 11) is 1.68. The van der Waals surface area contributed by atoms with E-state index in [9.17, 15) is 0 Å². The van der Waals surface area contributed by atoms with Gasteiger partial charge in [-0.3, -0.25) is 0 Å². The number of hydrogen-bond donors (Lipinski definition) is 0. The molecule has 0 saturated heterocycles. The Hall–Kier alpha value is -1.83. The summed E-state index contributed by atoms with van der Waals surface area (Å²) in [6.45, 7) is 0. The quantitative estimate of drug-likeness (QED) is 0.679. The molecule has 0 aliphatic carbocycles. The predicted molar refractivity (Wildman–Crippen MR) is 79.1 cm³/mol. The monoisotopic (exact) mass is 314 g/mol. The minimum absolute atomic E-state index is 0.866. The van der Waals surface area contributed by atoms with Crippen molar-refractivity contribution in [2.75, 3.05) is 7.11 Å². The van der Waals surface area contributed by atoms with Crippen LogP contribution in [0.15, 0.2) is 54.6 Å². The second-order valence-electron chi connectivity index (χ2n) is 4.25. The zero-order valence-corrected chi connectivity index (χ0v) is 12.2. The first-order chi connectivity index (χ1) is 9.28. The van der Waals surface area contributed by atoms with Crippen molar-refractivity contribution in [2.24, 2.45) is 0 Å². The van der Waals surface area contributed by atoms with Crippen molar-refractivity contribution >= 4 is 31.5 Å². The standard InChI is InChI=1S/C16H12NOSe/c1-18-12-8-6-11(7-9-12)14-10-16(19)17-15-5-3-2-4-13(14)15/h2-10H,1H3. The summed E-state index contributed by atoms with van der Waals surface area (Å²) in [6.07, 6.45) is 0. The molecule has 0 saturated carbocycles. The van der Waals surface area contributed by atoms with E-state index in [1.54, 1.807) is 7.11 Å². The van der Waals surface area contributed by atoms with E-state index in [1.165, 1.54) is 5.56 Å². The number of para-hydroxylation sites is 1. The molecule has 3 heteroatoms. The van der Waals surface area contributed by atoms with Crippen LogP contribution in [0.3, 0.4) is 0 Å². The van der Waals surface area contributed by atoms with Gasteiger partial charge in [0.2, 0.25) is 0 Å². The molecule has 3 aromatic rings. The Bertz CT molecular complexity index is 722. The number of hydrogen-bond acceptors (Lipinski definition) is 2. The van der Waals surface area contributed by atoms with Crippen molar-refractivity contribution in [3.05, 3.63) is 54.6 Å². The van der Waals surface area contributed by atoms with E-state index >= 15 is 0 Å². The van der Waals surface area contributed by atoms with Gasteiger partial charge in [-0.15, -0.1) is 0 Å². The van der Waals surface area contributed by atoms with Gasteiger partial charge in [-0.1, -0.05) is 0 Å². The van der Waals surface area contributed by atoms with Gasteiger partial charge in [-0.2, -0.15) is 0 Å². The van der Waals surface area contributed by atoms with Crippen molar-refractivity contribution in [2.45, 2.75) is 0 Å². The van der Waals surface area contributed by atoms with Crippen LogP contribution in [0.1, 0.15) is 0 Å². The SMILES string of the molecule is COc1ccc(-c2cc([Se])nc3ccccc23)cc1. The van der Waals surface area contributed by atoms with E-state index in [4.69, 9.17) is 4.74 Å². The van der Waals surface area contributed by atoms with E-state index in [0.717, 1.165) is 26.8 Å². The van der Waals surface area contributed by atoms with Crippen LogP contribution in [0.2, 0.25) is 0 Å². The number of ether oxygens (including phenoxy) is 1. The molecule has 2 nitrogen and oxygen atoms in total. The molecular formula is C16H12NOSe. The van der Waals surface area contributed by atoms with E-state index in [0.29, 0.717) is 0 Å². The Morgan fingerprint density at radius 2 is 1.74 bits per heavy atom. The fourth-order valence-corrected chi connectivity index (χ4v) is 2.61. The average molecular weight is 313 g/mol. The van der Waals surface area contributed by atoms with Gasteiger partial charge in [0.15, 0.2) is 0 Å². The first-order valence-corrected chi connectivity index (χ1v) is 6.85. The molecule has 2 aromatic carbocycles. The number of methoxy groups -OCH3 is 1. The number of pyridine rings is 1. The van der Waals surface area contributed by atoms with Gasteiger partial charge in [0, 0.05) is 0 Å². The van der Waals surface area contributed by atoms with Gasteiger partial charge < -0.3 is 0 Å². The summed E-state index contributed by atoms with van der Waals surface area (Å²) in [5.74, 6) is 0.866. The summed E-state index contributed by atoms with van der Waals surface area (Å²) < 4.78 is 6.10. The van der Waals surface area contributed by atoms with Gasteiger partial charge in [0.25, 0.3) is 0 Å². The van der Waals surface area contributed by atoms with E-state index in [-0.39, 0.29) is 0 Å². The number of rotatable bonds is 2. The van der Waals surface area contributed by atoms with Crippen LogP contribution in [-0.4, -0.2) is 28.1 Å². The summed E-state index contributed by atoms with van der Waals surface area (Å²) in [6, 6.07) is 18.3. The zero-order valence-electron chi connectivity index (χ0n) is 10.5. The van der Waals surface area contributed by atoms with Crippen molar-refractivity contribution in [3.63, 3.8) is 0 Å². The molecule has 0 N–H and O–H groups in total. The molecule has 19 heavy (non-hydrogen) atoms. The minimum atomic E-state index is 0.866. The Kier molecular flexibility index (Phi) is 3.24. The van der Waals surface area contributed by atoms with Crippen molar-refractivity contribution in [1.29, 1.82) is 0 Å². The second kappa shape index (κ2) is 5.04. The van der Waals surface area contributed by atoms with Crippen LogP contribution >= 0.6 is 0 Å². The summed E-state index contributed by atoms with van der Waals surface area (Å²) in [4.78, 5) is 4.52. The molecule has 3 rings (SSSR count). The summed E-state index contributed by atoms with van der Waals surface area (Å²) >= 11 is 2.99. The fourth-order valence-electron chi connectivity index (χ4n) is 2.16. The molecule has 0 atom stereocenters. The van der Waals surface area contributed by atoms with Crippen molar-refractivity contribution in [3.8, 4) is 16.9 Å². The molecule has 1 radical (unpaired) electrons. The molecule has 0 amide bonds. The Labute approximate surface area is 120 Å². The van der Waals surface area contributed by atoms with Crippen LogP contribution < -0.4 is 9.33 Å². The molecule has 0 spiro atoms. The fraction of sp³-hybridized carbons (Fsp3) is 0.0625. The first-order valence-electron chi connectivity index (χ1n) is 5.99. The predicted octanol–water partition coefficient (Wildman–Crippen LogP) is 2.70. The van der Waals surface area contributed by atoms with E-state index in [2.05, 4.69) is 45.3 Å². The molecule has 0 unspecified atom stereocenters. The third-order valence-corrected chi connectivity index (χ3v) is 3.53. The Morgan fingerprint density at radius 3 is 2.47 bits per heavy atom. The third kappa shape index (κ3) is 2.35. The van der Waals surface area contributed by atoms with Crippen molar-refractivity contribution < 1.29 is 4.74 Å².